The first-order valence-electron chi connectivity index (χ1n) is 5.89. The molecule has 0 heterocycles. The van der Waals surface area contributed by atoms with E-state index in [0.29, 0.717) is 6.54 Å². The fraction of sp³-hybridized carbons (Fsp3) is 0.333. The number of carbonyl (C=O) groups is 2. The van der Waals surface area contributed by atoms with Gasteiger partial charge in [0.1, 0.15) is 6.04 Å². The summed E-state index contributed by atoms with van der Waals surface area (Å²) >= 11 is 0. The molecule has 0 bridgehead atoms. The topological polar surface area (TPSA) is 101 Å². The van der Waals surface area contributed by atoms with Crippen molar-refractivity contribution in [1.29, 1.82) is 0 Å². The van der Waals surface area contributed by atoms with Crippen LogP contribution in [0.1, 0.15) is 24.2 Å². The number of nitro groups is 1. The van der Waals surface area contributed by atoms with Crippen LogP contribution in [0.2, 0.25) is 0 Å². The minimum atomic E-state index is -1.10. The summed E-state index contributed by atoms with van der Waals surface area (Å²) in [5.74, 6) is -2.16. The van der Waals surface area contributed by atoms with Crippen LogP contribution in [-0.4, -0.2) is 29.3 Å². The molecule has 0 saturated heterocycles. The third kappa shape index (κ3) is 3.74. The molecular weight excluding hydrogens is 269 g/mol. The highest BCUT2D eigenvalue weighted by Gasteiger charge is 2.19. The van der Waals surface area contributed by atoms with Crippen molar-refractivity contribution in [2.24, 2.45) is 0 Å². The van der Waals surface area contributed by atoms with Crippen LogP contribution >= 0.6 is 0 Å². The summed E-state index contributed by atoms with van der Waals surface area (Å²) in [5.41, 5.74) is -0.803. The Kier molecular flexibility index (Phi) is 5.13. The van der Waals surface area contributed by atoms with Crippen LogP contribution in [0.25, 0.3) is 0 Å². The number of hydrogen-bond donors (Lipinski definition) is 2. The number of benzene rings is 1. The van der Waals surface area contributed by atoms with Crippen LogP contribution < -0.4 is 10.6 Å². The molecule has 0 aliphatic heterocycles. The molecule has 0 radical (unpaired) electrons. The molecule has 108 valence electrons. The van der Waals surface area contributed by atoms with E-state index in [-0.39, 0.29) is 11.5 Å². The zero-order valence-corrected chi connectivity index (χ0v) is 11.0. The summed E-state index contributed by atoms with van der Waals surface area (Å²) in [6, 6.07) is 2.00. The predicted octanol–water partition coefficient (Wildman–Crippen LogP) is 0.988. The Morgan fingerprint density at radius 2 is 2.10 bits per heavy atom. The predicted molar refractivity (Wildman–Crippen MR) is 68.7 cm³/mol. The van der Waals surface area contributed by atoms with Crippen LogP contribution in [0.4, 0.5) is 10.1 Å². The van der Waals surface area contributed by atoms with Crippen molar-refractivity contribution in [1.82, 2.24) is 10.6 Å². The van der Waals surface area contributed by atoms with Crippen molar-refractivity contribution in [2.75, 3.05) is 6.54 Å². The second kappa shape index (κ2) is 6.60. The van der Waals surface area contributed by atoms with Gasteiger partial charge in [0.2, 0.25) is 11.7 Å². The number of rotatable bonds is 5. The first-order valence-corrected chi connectivity index (χ1v) is 5.89. The van der Waals surface area contributed by atoms with E-state index in [9.17, 15) is 24.1 Å². The maximum atomic E-state index is 13.4. The van der Waals surface area contributed by atoms with E-state index in [0.717, 1.165) is 18.2 Å². The monoisotopic (exact) mass is 283 g/mol. The summed E-state index contributed by atoms with van der Waals surface area (Å²) in [6.07, 6.45) is 0. The summed E-state index contributed by atoms with van der Waals surface area (Å²) in [7, 11) is 0. The molecule has 0 aliphatic carbocycles. The quantitative estimate of drug-likeness (QED) is 0.621. The third-order valence-corrected chi connectivity index (χ3v) is 2.50. The number of likely N-dealkylation sites (N-methyl/N-ethyl adjacent to an activating group) is 1. The second-order valence-electron chi connectivity index (χ2n) is 4.01. The molecule has 0 saturated carbocycles. The molecule has 2 N–H and O–H groups in total. The lowest BCUT2D eigenvalue weighted by molar-refractivity contribution is -0.387. The van der Waals surface area contributed by atoms with E-state index in [2.05, 4.69) is 10.6 Å². The second-order valence-corrected chi connectivity index (χ2v) is 4.01. The smallest absolute Gasteiger partial charge is 0.304 e. The van der Waals surface area contributed by atoms with Crippen molar-refractivity contribution in [3.05, 3.63) is 39.7 Å². The maximum Gasteiger partial charge on any atom is 0.304 e. The molecule has 0 aromatic heterocycles. The molecule has 0 spiro atoms. The Hall–Kier alpha value is -2.51. The highest BCUT2D eigenvalue weighted by atomic mass is 19.1. The molecule has 1 rings (SSSR count). The lowest BCUT2D eigenvalue weighted by Crippen LogP contribution is -2.44. The van der Waals surface area contributed by atoms with Gasteiger partial charge in [-0.3, -0.25) is 19.7 Å². The van der Waals surface area contributed by atoms with E-state index in [4.69, 9.17) is 0 Å². The lowest BCUT2D eigenvalue weighted by atomic mass is 10.1. The van der Waals surface area contributed by atoms with E-state index in [1.807, 2.05) is 0 Å². The zero-order valence-electron chi connectivity index (χ0n) is 11.0. The van der Waals surface area contributed by atoms with Gasteiger partial charge in [-0.15, -0.1) is 0 Å². The largest absolute Gasteiger partial charge is 0.355 e. The molecule has 1 aromatic rings. The molecule has 1 aromatic carbocycles. The lowest BCUT2D eigenvalue weighted by Gasteiger charge is -2.13. The van der Waals surface area contributed by atoms with Gasteiger partial charge in [0.15, 0.2) is 0 Å². The standard InChI is InChI=1S/C12H14FN3O4/c1-3-14-11(17)7(2)15-12(18)8-4-5-10(16(19)20)9(13)6-8/h4-7H,3H2,1-2H3,(H,14,17)(H,15,18). The third-order valence-electron chi connectivity index (χ3n) is 2.50. The molecule has 20 heavy (non-hydrogen) atoms. The van der Waals surface area contributed by atoms with Gasteiger partial charge >= 0.3 is 5.69 Å². The van der Waals surface area contributed by atoms with Gasteiger partial charge in [-0.2, -0.15) is 4.39 Å². The normalized spacial score (nSPS) is 11.6. The van der Waals surface area contributed by atoms with Crippen LogP contribution in [0.3, 0.4) is 0 Å². The molecule has 1 unspecified atom stereocenters. The Balaban J connectivity index is 2.81. The highest BCUT2D eigenvalue weighted by Crippen LogP contribution is 2.17. The highest BCUT2D eigenvalue weighted by molar-refractivity contribution is 5.97. The zero-order chi connectivity index (χ0) is 15.3. The maximum absolute atomic E-state index is 13.4. The number of carbonyl (C=O) groups excluding carboxylic acids is 2. The summed E-state index contributed by atoms with van der Waals surface area (Å²) in [6.45, 7) is 3.63. The summed E-state index contributed by atoms with van der Waals surface area (Å²) in [5, 5.41) is 15.3. The van der Waals surface area contributed by atoms with Crippen LogP contribution in [0.15, 0.2) is 18.2 Å². The minimum absolute atomic E-state index is 0.0933. The van der Waals surface area contributed by atoms with Crippen molar-refractivity contribution in [3.63, 3.8) is 0 Å². The molecule has 2 amide bonds. The van der Waals surface area contributed by atoms with Crippen LogP contribution in [0, 0.1) is 15.9 Å². The van der Waals surface area contributed by atoms with E-state index >= 15 is 0 Å². The van der Waals surface area contributed by atoms with E-state index in [1.165, 1.54) is 6.92 Å². The number of hydrogen-bond acceptors (Lipinski definition) is 4. The Labute approximate surface area is 114 Å². The van der Waals surface area contributed by atoms with Gasteiger partial charge in [-0.1, -0.05) is 0 Å². The van der Waals surface area contributed by atoms with Gasteiger partial charge < -0.3 is 10.6 Å². The Morgan fingerprint density at radius 3 is 2.60 bits per heavy atom. The Morgan fingerprint density at radius 1 is 1.45 bits per heavy atom. The van der Waals surface area contributed by atoms with Crippen LogP contribution in [0.5, 0.6) is 0 Å². The van der Waals surface area contributed by atoms with Gasteiger partial charge in [0.05, 0.1) is 4.92 Å². The van der Waals surface area contributed by atoms with Crippen molar-refractivity contribution < 1.29 is 18.9 Å². The van der Waals surface area contributed by atoms with Crippen molar-refractivity contribution in [3.8, 4) is 0 Å². The van der Waals surface area contributed by atoms with Crippen molar-refractivity contribution >= 4 is 17.5 Å². The fourth-order valence-electron chi connectivity index (χ4n) is 1.47. The van der Waals surface area contributed by atoms with Crippen LogP contribution in [-0.2, 0) is 4.79 Å². The summed E-state index contributed by atoms with van der Waals surface area (Å²) < 4.78 is 13.4. The van der Waals surface area contributed by atoms with Gasteiger partial charge in [-0.05, 0) is 26.0 Å². The molecule has 0 fully saturated rings. The average molecular weight is 283 g/mol. The first-order chi connectivity index (χ1) is 9.36. The molecule has 0 aliphatic rings. The van der Waals surface area contributed by atoms with Gasteiger partial charge in [0.25, 0.3) is 5.91 Å². The summed E-state index contributed by atoms with van der Waals surface area (Å²) in [4.78, 5) is 32.8. The molecule has 8 heteroatoms. The average Bonchev–Trinajstić information content (AvgIpc) is 2.38. The minimum Gasteiger partial charge on any atom is -0.355 e. The molecule has 7 nitrogen and oxygen atoms in total. The first kappa shape index (κ1) is 15.5. The SMILES string of the molecule is CCNC(=O)C(C)NC(=O)c1ccc([N+](=O)[O-])c(F)c1. The number of nitrogens with one attached hydrogen (secondary N) is 2. The molecular formula is C12H14FN3O4. The number of nitrogens with zero attached hydrogens (tertiary/aromatic N) is 1. The Bertz CT molecular complexity index is 548. The van der Waals surface area contributed by atoms with Gasteiger partial charge in [-0.25, -0.2) is 0 Å². The van der Waals surface area contributed by atoms with E-state index < -0.39 is 28.4 Å². The fourth-order valence-corrected chi connectivity index (χ4v) is 1.47. The van der Waals surface area contributed by atoms with E-state index in [1.54, 1.807) is 6.92 Å². The molecule has 1 atom stereocenters. The number of halogens is 1. The van der Waals surface area contributed by atoms with Gasteiger partial charge in [0, 0.05) is 18.2 Å². The number of amides is 2. The van der Waals surface area contributed by atoms with Crippen molar-refractivity contribution in [2.45, 2.75) is 19.9 Å². The number of nitro benzene ring substituents is 1.